The number of amides is 1. The van der Waals surface area contributed by atoms with Crippen LogP contribution < -0.4 is 5.32 Å². The van der Waals surface area contributed by atoms with E-state index in [1.54, 1.807) is 0 Å². The molecule has 2 rings (SSSR count). The van der Waals surface area contributed by atoms with Gasteiger partial charge in [0.1, 0.15) is 0 Å². The van der Waals surface area contributed by atoms with E-state index in [-0.39, 0.29) is 11.9 Å². The molecule has 1 fully saturated rings. The van der Waals surface area contributed by atoms with E-state index in [0.29, 0.717) is 6.04 Å². The predicted octanol–water partition coefficient (Wildman–Crippen LogP) is 1.82. The summed E-state index contributed by atoms with van der Waals surface area (Å²) < 4.78 is 0. The number of aryl methyl sites for hydroxylation is 1. The van der Waals surface area contributed by atoms with E-state index in [2.05, 4.69) is 19.2 Å². The van der Waals surface area contributed by atoms with Crippen molar-refractivity contribution in [3.05, 3.63) is 35.4 Å². The molecule has 1 N–H and O–H groups in total. The van der Waals surface area contributed by atoms with Gasteiger partial charge in [-0.2, -0.15) is 0 Å². The van der Waals surface area contributed by atoms with Crippen molar-refractivity contribution >= 4 is 5.91 Å². The van der Waals surface area contributed by atoms with Crippen LogP contribution in [0.1, 0.15) is 29.8 Å². The molecule has 1 heterocycles. The van der Waals surface area contributed by atoms with Crippen molar-refractivity contribution in [1.82, 2.24) is 10.2 Å². The summed E-state index contributed by atoms with van der Waals surface area (Å²) in [6.45, 7) is 7.89. The number of rotatable bonds is 1. The first-order valence-corrected chi connectivity index (χ1v) is 6.21. The van der Waals surface area contributed by atoms with Crippen LogP contribution in [0, 0.1) is 6.92 Å². The van der Waals surface area contributed by atoms with E-state index < -0.39 is 0 Å². The number of nitrogens with zero attached hydrogens (tertiary/aromatic N) is 1. The fraction of sp³-hybridized carbons (Fsp3) is 0.500. The average Bonchev–Trinajstić information content (AvgIpc) is 2.32. The van der Waals surface area contributed by atoms with E-state index in [0.717, 1.165) is 24.2 Å². The molecule has 2 atom stereocenters. The molecule has 1 aromatic rings. The zero-order chi connectivity index (χ0) is 12.4. The van der Waals surface area contributed by atoms with Gasteiger partial charge in [-0.05, 0) is 32.4 Å². The maximum Gasteiger partial charge on any atom is 0.254 e. The average molecular weight is 232 g/mol. The number of hydrogen-bond donors (Lipinski definition) is 1. The van der Waals surface area contributed by atoms with Crippen molar-refractivity contribution in [3.63, 3.8) is 0 Å². The first-order chi connectivity index (χ1) is 8.11. The number of piperazine rings is 1. The van der Waals surface area contributed by atoms with Crippen LogP contribution >= 0.6 is 0 Å². The van der Waals surface area contributed by atoms with Crippen molar-refractivity contribution in [2.75, 3.05) is 13.1 Å². The lowest BCUT2D eigenvalue weighted by Gasteiger charge is -2.38. The topological polar surface area (TPSA) is 32.3 Å². The zero-order valence-corrected chi connectivity index (χ0v) is 10.7. The lowest BCUT2D eigenvalue weighted by Crippen LogP contribution is -2.57. The minimum atomic E-state index is 0.156. The third-order valence-electron chi connectivity index (χ3n) is 3.67. The second kappa shape index (κ2) is 4.88. The fourth-order valence-electron chi connectivity index (χ4n) is 2.31. The third-order valence-corrected chi connectivity index (χ3v) is 3.67. The number of benzene rings is 1. The molecular weight excluding hydrogens is 212 g/mol. The van der Waals surface area contributed by atoms with Gasteiger partial charge in [-0.1, -0.05) is 18.2 Å². The quantitative estimate of drug-likeness (QED) is 0.801. The summed E-state index contributed by atoms with van der Waals surface area (Å²) in [6.07, 6.45) is 0. The molecule has 0 bridgehead atoms. The van der Waals surface area contributed by atoms with Gasteiger partial charge in [0.25, 0.3) is 5.91 Å². The molecule has 92 valence electrons. The van der Waals surface area contributed by atoms with Crippen LogP contribution in [-0.2, 0) is 0 Å². The van der Waals surface area contributed by atoms with Gasteiger partial charge in [-0.15, -0.1) is 0 Å². The smallest absolute Gasteiger partial charge is 0.254 e. The minimum absolute atomic E-state index is 0.156. The van der Waals surface area contributed by atoms with Crippen LogP contribution in [0.4, 0.5) is 0 Å². The summed E-state index contributed by atoms with van der Waals surface area (Å²) >= 11 is 0. The second-order valence-electron chi connectivity index (χ2n) is 4.80. The summed E-state index contributed by atoms with van der Waals surface area (Å²) in [4.78, 5) is 14.5. The molecule has 3 heteroatoms. The molecule has 0 aliphatic carbocycles. The van der Waals surface area contributed by atoms with Crippen molar-refractivity contribution in [2.45, 2.75) is 32.9 Å². The van der Waals surface area contributed by atoms with Gasteiger partial charge in [0, 0.05) is 30.7 Å². The Morgan fingerprint density at radius 2 is 2.06 bits per heavy atom. The molecule has 0 aromatic heterocycles. The lowest BCUT2D eigenvalue weighted by molar-refractivity contribution is 0.0602. The largest absolute Gasteiger partial charge is 0.333 e. The Bertz CT molecular complexity index is 416. The molecular formula is C14H20N2O. The highest BCUT2D eigenvalue weighted by atomic mass is 16.2. The first kappa shape index (κ1) is 12.1. The Labute approximate surface area is 103 Å². The highest BCUT2D eigenvalue weighted by Gasteiger charge is 2.29. The Morgan fingerprint density at radius 1 is 1.35 bits per heavy atom. The molecule has 1 saturated heterocycles. The molecule has 0 radical (unpaired) electrons. The highest BCUT2D eigenvalue weighted by Crippen LogP contribution is 2.16. The van der Waals surface area contributed by atoms with Gasteiger partial charge < -0.3 is 10.2 Å². The summed E-state index contributed by atoms with van der Waals surface area (Å²) in [7, 11) is 0. The Morgan fingerprint density at radius 3 is 2.76 bits per heavy atom. The third kappa shape index (κ3) is 2.34. The van der Waals surface area contributed by atoms with Crippen molar-refractivity contribution in [3.8, 4) is 0 Å². The van der Waals surface area contributed by atoms with Gasteiger partial charge in [0.2, 0.25) is 0 Å². The normalized spacial score (nSPS) is 24.8. The maximum atomic E-state index is 12.5. The number of nitrogens with one attached hydrogen (secondary N) is 1. The van der Waals surface area contributed by atoms with Gasteiger partial charge >= 0.3 is 0 Å². The highest BCUT2D eigenvalue weighted by molar-refractivity contribution is 5.95. The minimum Gasteiger partial charge on any atom is -0.333 e. The van der Waals surface area contributed by atoms with E-state index >= 15 is 0 Å². The van der Waals surface area contributed by atoms with Crippen LogP contribution in [0.3, 0.4) is 0 Å². The van der Waals surface area contributed by atoms with E-state index in [4.69, 9.17) is 0 Å². The molecule has 1 amide bonds. The first-order valence-electron chi connectivity index (χ1n) is 6.21. The van der Waals surface area contributed by atoms with Crippen LogP contribution in [0.15, 0.2) is 24.3 Å². The standard InChI is InChI=1S/C14H20N2O/c1-10-6-4-5-7-13(10)14(17)16-9-8-15-11(2)12(16)3/h4-7,11-12,15H,8-9H2,1-3H3. The molecule has 1 aliphatic heterocycles. The van der Waals surface area contributed by atoms with Crippen molar-refractivity contribution in [2.24, 2.45) is 0 Å². The molecule has 3 nitrogen and oxygen atoms in total. The van der Waals surface area contributed by atoms with Crippen LogP contribution in [0.5, 0.6) is 0 Å². The number of carbonyl (C=O) groups is 1. The molecule has 17 heavy (non-hydrogen) atoms. The van der Waals surface area contributed by atoms with Gasteiger partial charge in [0.05, 0.1) is 0 Å². The SMILES string of the molecule is Cc1ccccc1C(=O)N1CCNC(C)C1C. The van der Waals surface area contributed by atoms with E-state index in [1.165, 1.54) is 0 Å². The monoisotopic (exact) mass is 232 g/mol. The molecule has 1 aromatic carbocycles. The van der Waals surface area contributed by atoms with E-state index in [9.17, 15) is 4.79 Å². The maximum absolute atomic E-state index is 12.5. The molecule has 1 aliphatic rings. The summed E-state index contributed by atoms with van der Waals surface area (Å²) in [5.41, 5.74) is 1.88. The van der Waals surface area contributed by atoms with Crippen molar-refractivity contribution < 1.29 is 4.79 Å². The summed E-state index contributed by atoms with van der Waals surface area (Å²) in [5, 5.41) is 3.39. The zero-order valence-electron chi connectivity index (χ0n) is 10.7. The van der Waals surface area contributed by atoms with Gasteiger partial charge in [0.15, 0.2) is 0 Å². The van der Waals surface area contributed by atoms with E-state index in [1.807, 2.05) is 36.1 Å². The number of hydrogen-bond acceptors (Lipinski definition) is 2. The Balaban J connectivity index is 2.23. The predicted molar refractivity (Wildman–Crippen MR) is 69.1 cm³/mol. The molecule has 0 saturated carbocycles. The fourth-order valence-corrected chi connectivity index (χ4v) is 2.31. The summed E-state index contributed by atoms with van der Waals surface area (Å²) in [5.74, 6) is 0.156. The van der Waals surface area contributed by atoms with Crippen LogP contribution in [-0.4, -0.2) is 36.0 Å². The molecule has 2 unspecified atom stereocenters. The lowest BCUT2D eigenvalue weighted by atomic mass is 10.0. The Hall–Kier alpha value is -1.35. The van der Waals surface area contributed by atoms with Gasteiger partial charge in [-0.3, -0.25) is 4.79 Å². The van der Waals surface area contributed by atoms with Crippen LogP contribution in [0.25, 0.3) is 0 Å². The molecule has 0 spiro atoms. The Kier molecular flexibility index (Phi) is 3.48. The van der Waals surface area contributed by atoms with Crippen molar-refractivity contribution in [1.29, 1.82) is 0 Å². The van der Waals surface area contributed by atoms with Crippen LogP contribution in [0.2, 0.25) is 0 Å². The summed E-state index contributed by atoms with van der Waals surface area (Å²) in [6, 6.07) is 8.40. The number of carbonyl (C=O) groups excluding carboxylic acids is 1. The van der Waals surface area contributed by atoms with Gasteiger partial charge in [-0.25, -0.2) is 0 Å². The second-order valence-corrected chi connectivity index (χ2v) is 4.80.